The second-order valence-corrected chi connectivity index (χ2v) is 3.62. The second kappa shape index (κ2) is 4.75. The highest BCUT2D eigenvalue weighted by molar-refractivity contribution is 5.88. The smallest absolute Gasteiger partial charge is 0.244 e. The van der Waals surface area contributed by atoms with E-state index in [1.54, 1.807) is 6.08 Å². The molecule has 0 aliphatic carbocycles. The van der Waals surface area contributed by atoms with Gasteiger partial charge in [-0.2, -0.15) is 0 Å². The quantitative estimate of drug-likeness (QED) is 0.495. The summed E-state index contributed by atoms with van der Waals surface area (Å²) in [6.07, 6.45) is 6.94. The number of allylic oxidation sites excluding steroid dienone is 3. The van der Waals surface area contributed by atoms with Crippen molar-refractivity contribution in [3.63, 3.8) is 0 Å². The van der Waals surface area contributed by atoms with Gasteiger partial charge in [0, 0.05) is 11.6 Å². The molecule has 0 unspecified atom stereocenters. The summed E-state index contributed by atoms with van der Waals surface area (Å²) in [5, 5.41) is 2.82. The first-order chi connectivity index (χ1) is 5.45. The third-order valence-electron chi connectivity index (χ3n) is 1.05. The summed E-state index contributed by atoms with van der Waals surface area (Å²) in [4.78, 5) is 11.1. The highest BCUT2D eigenvalue weighted by atomic mass is 16.1. The molecule has 68 valence electrons. The maximum absolute atomic E-state index is 11.1. The van der Waals surface area contributed by atoms with Gasteiger partial charge in [-0.05, 0) is 27.7 Å². The molecule has 0 saturated carbocycles. The Morgan fingerprint density at radius 3 is 2.25 bits per heavy atom. The molecule has 12 heavy (non-hydrogen) atoms. The van der Waals surface area contributed by atoms with Crippen molar-refractivity contribution in [2.24, 2.45) is 0 Å². The highest BCUT2D eigenvalue weighted by Gasteiger charge is 2.10. The van der Waals surface area contributed by atoms with Gasteiger partial charge < -0.3 is 5.32 Å². The minimum Gasteiger partial charge on any atom is -0.348 e. The van der Waals surface area contributed by atoms with Gasteiger partial charge in [-0.1, -0.05) is 18.2 Å². The predicted octanol–water partition coefficient (Wildman–Crippen LogP) is 2.03. The van der Waals surface area contributed by atoms with E-state index in [0.717, 1.165) is 0 Å². The molecule has 0 aromatic rings. The maximum Gasteiger partial charge on any atom is 0.244 e. The van der Waals surface area contributed by atoms with Crippen LogP contribution < -0.4 is 5.32 Å². The number of amides is 1. The van der Waals surface area contributed by atoms with Crippen LogP contribution in [-0.2, 0) is 4.79 Å². The number of nitrogens with one attached hydrogen (secondary N) is 1. The average Bonchev–Trinajstić information content (AvgIpc) is 1.84. The van der Waals surface area contributed by atoms with Crippen molar-refractivity contribution < 1.29 is 4.79 Å². The summed E-state index contributed by atoms with van der Waals surface area (Å²) in [5.74, 6) is -0.0550. The summed E-state index contributed by atoms with van der Waals surface area (Å²) >= 11 is 0. The van der Waals surface area contributed by atoms with Gasteiger partial charge in [-0.15, -0.1) is 0 Å². The highest BCUT2D eigenvalue weighted by Crippen LogP contribution is 1.97. The normalized spacial score (nSPS) is 12.7. The standard InChI is InChI=1S/C10H17NO/c1-5-6-7-8-9(12)11-10(2,3)4/h5-8H,1-4H3,(H,11,12). The van der Waals surface area contributed by atoms with E-state index in [4.69, 9.17) is 0 Å². The van der Waals surface area contributed by atoms with Crippen molar-refractivity contribution in [1.29, 1.82) is 0 Å². The van der Waals surface area contributed by atoms with Crippen LogP contribution in [0.4, 0.5) is 0 Å². The number of carbonyl (C=O) groups excluding carboxylic acids is 1. The molecule has 0 rings (SSSR count). The fourth-order valence-corrected chi connectivity index (χ4v) is 0.665. The Bertz CT molecular complexity index is 196. The van der Waals surface area contributed by atoms with Gasteiger partial charge in [0.15, 0.2) is 0 Å². The molecule has 0 aromatic heterocycles. The Balaban J connectivity index is 3.91. The van der Waals surface area contributed by atoms with Crippen molar-refractivity contribution in [2.75, 3.05) is 0 Å². The molecule has 2 nitrogen and oxygen atoms in total. The van der Waals surface area contributed by atoms with Gasteiger partial charge in [0.2, 0.25) is 5.91 Å². The molecule has 0 heterocycles. The second-order valence-electron chi connectivity index (χ2n) is 3.62. The van der Waals surface area contributed by atoms with E-state index in [1.165, 1.54) is 6.08 Å². The van der Waals surface area contributed by atoms with Gasteiger partial charge in [0.1, 0.15) is 0 Å². The Morgan fingerprint density at radius 1 is 1.25 bits per heavy atom. The van der Waals surface area contributed by atoms with Crippen LogP contribution in [0.25, 0.3) is 0 Å². The van der Waals surface area contributed by atoms with E-state index in [-0.39, 0.29) is 11.4 Å². The van der Waals surface area contributed by atoms with Crippen LogP contribution in [0.5, 0.6) is 0 Å². The zero-order valence-corrected chi connectivity index (χ0v) is 8.22. The largest absolute Gasteiger partial charge is 0.348 e. The zero-order valence-electron chi connectivity index (χ0n) is 8.22. The topological polar surface area (TPSA) is 29.1 Å². The van der Waals surface area contributed by atoms with Crippen LogP contribution in [-0.4, -0.2) is 11.4 Å². The lowest BCUT2D eigenvalue weighted by Gasteiger charge is -2.18. The summed E-state index contributed by atoms with van der Waals surface area (Å²) in [7, 11) is 0. The van der Waals surface area contributed by atoms with Gasteiger partial charge in [-0.25, -0.2) is 0 Å². The molecule has 1 N–H and O–H groups in total. The van der Waals surface area contributed by atoms with E-state index in [0.29, 0.717) is 0 Å². The minimum atomic E-state index is -0.155. The molecule has 0 radical (unpaired) electrons. The van der Waals surface area contributed by atoms with Gasteiger partial charge >= 0.3 is 0 Å². The van der Waals surface area contributed by atoms with E-state index >= 15 is 0 Å². The molecule has 0 spiro atoms. The summed E-state index contributed by atoms with van der Waals surface area (Å²) < 4.78 is 0. The zero-order chi connectivity index (χ0) is 9.61. The van der Waals surface area contributed by atoms with Gasteiger partial charge in [-0.3, -0.25) is 4.79 Å². The Morgan fingerprint density at radius 2 is 1.83 bits per heavy atom. The molecule has 2 heteroatoms. The molecular weight excluding hydrogens is 150 g/mol. The fraction of sp³-hybridized carbons (Fsp3) is 0.500. The summed E-state index contributed by atoms with van der Waals surface area (Å²) in [6, 6.07) is 0. The van der Waals surface area contributed by atoms with Crippen LogP contribution in [0.1, 0.15) is 27.7 Å². The number of carbonyl (C=O) groups is 1. The van der Waals surface area contributed by atoms with Crippen molar-refractivity contribution in [3.8, 4) is 0 Å². The predicted molar refractivity (Wildman–Crippen MR) is 51.8 cm³/mol. The van der Waals surface area contributed by atoms with E-state index in [1.807, 2.05) is 39.8 Å². The first kappa shape index (κ1) is 11.0. The van der Waals surface area contributed by atoms with E-state index in [2.05, 4.69) is 5.32 Å². The lowest BCUT2D eigenvalue weighted by molar-refractivity contribution is -0.117. The molecule has 1 amide bonds. The maximum atomic E-state index is 11.1. The van der Waals surface area contributed by atoms with Crippen LogP contribution in [0.15, 0.2) is 24.3 Å². The lowest BCUT2D eigenvalue weighted by Crippen LogP contribution is -2.39. The molecule has 0 atom stereocenters. The molecule has 0 bridgehead atoms. The van der Waals surface area contributed by atoms with Crippen LogP contribution in [0.3, 0.4) is 0 Å². The first-order valence-electron chi connectivity index (χ1n) is 4.07. The Labute approximate surface area is 74.4 Å². The minimum absolute atomic E-state index is 0.0550. The van der Waals surface area contributed by atoms with Gasteiger partial charge in [0.25, 0.3) is 0 Å². The van der Waals surface area contributed by atoms with E-state index < -0.39 is 0 Å². The number of hydrogen-bond donors (Lipinski definition) is 1. The Hall–Kier alpha value is -1.05. The summed E-state index contributed by atoms with van der Waals surface area (Å²) in [5.41, 5.74) is -0.155. The molecule has 0 fully saturated rings. The number of rotatable bonds is 2. The van der Waals surface area contributed by atoms with Crippen molar-refractivity contribution in [2.45, 2.75) is 33.2 Å². The van der Waals surface area contributed by atoms with Crippen LogP contribution >= 0.6 is 0 Å². The van der Waals surface area contributed by atoms with Crippen LogP contribution in [0, 0.1) is 0 Å². The van der Waals surface area contributed by atoms with Crippen molar-refractivity contribution in [1.82, 2.24) is 5.32 Å². The lowest BCUT2D eigenvalue weighted by atomic mass is 10.1. The monoisotopic (exact) mass is 167 g/mol. The molecule has 0 aliphatic heterocycles. The number of hydrogen-bond acceptors (Lipinski definition) is 1. The van der Waals surface area contributed by atoms with Gasteiger partial charge in [0.05, 0.1) is 0 Å². The molecule has 0 aliphatic rings. The van der Waals surface area contributed by atoms with Crippen molar-refractivity contribution >= 4 is 5.91 Å². The third-order valence-corrected chi connectivity index (χ3v) is 1.05. The molecular formula is C10H17NO. The average molecular weight is 167 g/mol. The van der Waals surface area contributed by atoms with E-state index in [9.17, 15) is 4.79 Å². The third kappa shape index (κ3) is 7.06. The molecule has 0 saturated heterocycles. The van der Waals surface area contributed by atoms with Crippen LogP contribution in [0.2, 0.25) is 0 Å². The fourth-order valence-electron chi connectivity index (χ4n) is 0.665. The summed E-state index contributed by atoms with van der Waals surface area (Å²) in [6.45, 7) is 7.77. The molecule has 0 aromatic carbocycles. The Kier molecular flexibility index (Phi) is 4.34. The first-order valence-corrected chi connectivity index (χ1v) is 4.07. The SMILES string of the molecule is CC=CC=CC(=O)NC(C)(C)C. The van der Waals surface area contributed by atoms with Crippen molar-refractivity contribution in [3.05, 3.63) is 24.3 Å².